The van der Waals surface area contributed by atoms with Crippen LogP contribution in [0.4, 0.5) is 8.78 Å². The van der Waals surface area contributed by atoms with E-state index in [1.165, 1.54) is 19.3 Å². The van der Waals surface area contributed by atoms with Gasteiger partial charge in [-0.1, -0.05) is 6.42 Å². The number of nitrogens with two attached hydrogens (primary N) is 1. The van der Waals surface area contributed by atoms with Crippen molar-refractivity contribution in [2.45, 2.75) is 44.4 Å². The predicted octanol–water partition coefficient (Wildman–Crippen LogP) is 2.13. The molecule has 0 aliphatic heterocycles. The lowest BCUT2D eigenvalue weighted by molar-refractivity contribution is -0.111. The SMILES string of the molecule is NC(=NCC1CCC1)NCCC1CC(F)(F)C1. The van der Waals surface area contributed by atoms with E-state index in [1.54, 1.807) is 0 Å². The van der Waals surface area contributed by atoms with Crippen LogP contribution >= 0.6 is 0 Å². The van der Waals surface area contributed by atoms with Crippen molar-refractivity contribution < 1.29 is 8.78 Å². The fourth-order valence-electron chi connectivity index (χ4n) is 2.35. The zero-order chi connectivity index (χ0) is 12.3. The van der Waals surface area contributed by atoms with E-state index in [0.29, 0.717) is 18.4 Å². The number of hydrogen-bond donors (Lipinski definition) is 2. The van der Waals surface area contributed by atoms with Crippen LogP contribution in [0.5, 0.6) is 0 Å². The van der Waals surface area contributed by atoms with Crippen molar-refractivity contribution in [3.05, 3.63) is 0 Å². The van der Waals surface area contributed by atoms with Gasteiger partial charge in [0, 0.05) is 25.9 Å². The van der Waals surface area contributed by atoms with E-state index in [1.807, 2.05) is 0 Å². The Balaban J connectivity index is 1.52. The smallest absolute Gasteiger partial charge is 0.248 e. The van der Waals surface area contributed by atoms with Crippen LogP contribution in [-0.2, 0) is 0 Å². The summed E-state index contributed by atoms with van der Waals surface area (Å²) in [4.78, 5) is 4.25. The van der Waals surface area contributed by atoms with Gasteiger partial charge in [-0.3, -0.25) is 4.99 Å². The van der Waals surface area contributed by atoms with Gasteiger partial charge >= 0.3 is 0 Å². The fourth-order valence-corrected chi connectivity index (χ4v) is 2.35. The zero-order valence-corrected chi connectivity index (χ0v) is 10.1. The average Bonchev–Trinajstić information content (AvgIpc) is 2.12. The summed E-state index contributed by atoms with van der Waals surface area (Å²) in [6.45, 7) is 1.46. The lowest BCUT2D eigenvalue weighted by Gasteiger charge is -2.34. The Morgan fingerprint density at radius 3 is 2.53 bits per heavy atom. The van der Waals surface area contributed by atoms with Gasteiger partial charge in [0.15, 0.2) is 5.96 Å². The molecule has 0 unspecified atom stereocenters. The molecule has 0 atom stereocenters. The molecule has 0 radical (unpaired) electrons. The highest BCUT2D eigenvalue weighted by molar-refractivity contribution is 5.77. The Hall–Kier alpha value is -0.870. The molecule has 0 aromatic rings. The van der Waals surface area contributed by atoms with E-state index < -0.39 is 5.92 Å². The predicted molar refractivity (Wildman–Crippen MR) is 64.1 cm³/mol. The van der Waals surface area contributed by atoms with Crippen LogP contribution in [-0.4, -0.2) is 25.0 Å². The fraction of sp³-hybridized carbons (Fsp3) is 0.917. The number of guanidine groups is 1. The van der Waals surface area contributed by atoms with Crippen molar-refractivity contribution in [2.24, 2.45) is 22.6 Å². The second-order valence-corrected chi connectivity index (χ2v) is 5.37. The number of rotatable bonds is 5. The molecule has 0 bridgehead atoms. The minimum absolute atomic E-state index is 0.0355. The summed E-state index contributed by atoms with van der Waals surface area (Å²) < 4.78 is 25.1. The van der Waals surface area contributed by atoms with Gasteiger partial charge in [-0.15, -0.1) is 0 Å². The van der Waals surface area contributed by atoms with Gasteiger partial charge in [0.25, 0.3) is 0 Å². The highest BCUT2D eigenvalue weighted by atomic mass is 19.3. The van der Waals surface area contributed by atoms with E-state index in [4.69, 9.17) is 5.73 Å². The van der Waals surface area contributed by atoms with Gasteiger partial charge in [-0.25, -0.2) is 8.78 Å². The molecule has 3 nitrogen and oxygen atoms in total. The third-order valence-electron chi connectivity index (χ3n) is 3.78. The molecular formula is C12H21F2N3. The molecule has 0 spiro atoms. The minimum Gasteiger partial charge on any atom is -0.370 e. The number of hydrogen-bond acceptors (Lipinski definition) is 1. The summed E-state index contributed by atoms with van der Waals surface area (Å²) in [6.07, 6.45) is 4.65. The number of nitrogens with one attached hydrogen (secondary N) is 1. The van der Waals surface area contributed by atoms with Crippen molar-refractivity contribution in [3.8, 4) is 0 Å². The van der Waals surface area contributed by atoms with Gasteiger partial charge < -0.3 is 11.1 Å². The second-order valence-electron chi connectivity index (χ2n) is 5.37. The molecule has 5 heteroatoms. The summed E-state index contributed by atoms with van der Waals surface area (Å²) in [6, 6.07) is 0. The van der Waals surface area contributed by atoms with Crippen molar-refractivity contribution in [2.75, 3.05) is 13.1 Å². The molecule has 2 aliphatic carbocycles. The molecule has 98 valence electrons. The molecule has 2 aliphatic rings. The quantitative estimate of drug-likeness (QED) is 0.576. The molecule has 0 aromatic heterocycles. The Kier molecular flexibility index (Phi) is 3.84. The molecule has 2 rings (SSSR count). The summed E-state index contributed by atoms with van der Waals surface area (Å²) in [5.41, 5.74) is 5.69. The Morgan fingerprint density at radius 1 is 1.29 bits per heavy atom. The Morgan fingerprint density at radius 2 is 2.00 bits per heavy atom. The zero-order valence-electron chi connectivity index (χ0n) is 10.1. The van der Waals surface area contributed by atoms with Crippen LogP contribution in [0.1, 0.15) is 38.5 Å². The largest absolute Gasteiger partial charge is 0.370 e. The molecule has 0 heterocycles. The molecule has 2 saturated carbocycles. The maximum Gasteiger partial charge on any atom is 0.248 e. The lowest BCUT2D eigenvalue weighted by Crippen LogP contribution is -2.39. The maximum atomic E-state index is 12.6. The number of halogens is 2. The van der Waals surface area contributed by atoms with Gasteiger partial charge in [0.05, 0.1) is 0 Å². The lowest BCUT2D eigenvalue weighted by atomic mass is 9.79. The van der Waals surface area contributed by atoms with Crippen molar-refractivity contribution >= 4 is 5.96 Å². The molecule has 2 fully saturated rings. The summed E-state index contributed by atoms with van der Waals surface area (Å²) in [5, 5.41) is 3.00. The number of alkyl halides is 2. The molecule has 0 amide bonds. The number of nitrogens with zero attached hydrogens (tertiary/aromatic N) is 1. The average molecular weight is 245 g/mol. The van der Waals surface area contributed by atoms with E-state index in [-0.39, 0.29) is 18.8 Å². The first kappa shape index (κ1) is 12.6. The normalized spacial score (nSPS) is 25.2. The molecule has 3 N–H and O–H groups in total. The first-order valence-electron chi connectivity index (χ1n) is 6.47. The van der Waals surface area contributed by atoms with Gasteiger partial charge in [-0.05, 0) is 31.1 Å². The van der Waals surface area contributed by atoms with Crippen LogP contribution in [0.3, 0.4) is 0 Å². The van der Waals surface area contributed by atoms with Crippen LogP contribution in [0.15, 0.2) is 4.99 Å². The summed E-state index contributed by atoms with van der Waals surface area (Å²) in [7, 11) is 0. The Labute approximate surface area is 101 Å². The van der Waals surface area contributed by atoms with Crippen molar-refractivity contribution in [1.82, 2.24) is 5.32 Å². The third kappa shape index (κ3) is 3.82. The molecule has 0 aromatic carbocycles. The van der Waals surface area contributed by atoms with Crippen LogP contribution in [0, 0.1) is 11.8 Å². The van der Waals surface area contributed by atoms with E-state index in [0.717, 1.165) is 13.0 Å². The first-order chi connectivity index (χ1) is 8.05. The highest BCUT2D eigenvalue weighted by Crippen LogP contribution is 2.43. The molecule has 0 saturated heterocycles. The molecular weight excluding hydrogens is 224 g/mol. The number of aliphatic imine (C=N–C) groups is 1. The van der Waals surface area contributed by atoms with Gasteiger partial charge in [0.2, 0.25) is 5.92 Å². The van der Waals surface area contributed by atoms with Gasteiger partial charge in [-0.2, -0.15) is 0 Å². The topological polar surface area (TPSA) is 50.4 Å². The van der Waals surface area contributed by atoms with Crippen LogP contribution < -0.4 is 11.1 Å². The Bertz CT molecular complexity index is 279. The van der Waals surface area contributed by atoms with Crippen molar-refractivity contribution in [1.29, 1.82) is 0 Å². The summed E-state index contributed by atoms with van der Waals surface area (Å²) in [5.74, 6) is -1.09. The monoisotopic (exact) mass is 245 g/mol. The van der Waals surface area contributed by atoms with Crippen molar-refractivity contribution in [3.63, 3.8) is 0 Å². The standard InChI is InChI=1S/C12H21F2N3/c13-12(14)6-10(7-12)4-5-16-11(15)17-8-9-2-1-3-9/h9-10H,1-8H2,(H3,15,16,17). The van der Waals surface area contributed by atoms with E-state index in [9.17, 15) is 8.78 Å². The van der Waals surface area contributed by atoms with Crippen LogP contribution in [0.25, 0.3) is 0 Å². The highest BCUT2D eigenvalue weighted by Gasteiger charge is 2.44. The van der Waals surface area contributed by atoms with Crippen LogP contribution in [0.2, 0.25) is 0 Å². The van der Waals surface area contributed by atoms with E-state index in [2.05, 4.69) is 10.3 Å². The molecule has 17 heavy (non-hydrogen) atoms. The maximum absolute atomic E-state index is 12.6. The second kappa shape index (κ2) is 5.19. The van der Waals surface area contributed by atoms with Gasteiger partial charge in [0.1, 0.15) is 0 Å². The summed E-state index contributed by atoms with van der Waals surface area (Å²) >= 11 is 0. The third-order valence-corrected chi connectivity index (χ3v) is 3.78. The van der Waals surface area contributed by atoms with E-state index >= 15 is 0 Å². The first-order valence-corrected chi connectivity index (χ1v) is 6.47. The minimum atomic E-state index is -2.41.